The third kappa shape index (κ3) is 7.00. The summed E-state index contributed by atoms with van der Waals surface area (Å²) in [5.74, 6) is -2.31. The van der Waals surface area contributed by atoms with Crippen molar-refractivity contribution in [3.63, 3.8) is 0 Å². The molecule has 1 aromatic heterocycles. The van der Waals surface area contributed by atoms with Crippen molar-refractivity contribution in [2.24, 2.45) is 5.41 Å². The zero-order chi connectivity index (χ0) is 27.5. The van der Waals surface area contributed by atoms with Gasteiger partial charge in [0.25, 0.3) is 5.91 Å². The number of carboxylic acid groups (broad SMARTS) is 1. The van der Waals surface area contributed by atoms with Crippen molar-refractivity contribution >= 4 is 35.1 Å². The number of carbonyl (C=O) groups excluding carboxylic acids is 1. The Labute approximate surface area is 224 Å². The van der Waals surface area contributed by atoms with E-state index in [2.05, 4.69) is 10.4 Å². The van der Waals surface area contributed by atoms with Gasteiger partial charge in [-0.2, -0.15) is 5.10 Å². The molecule has 0 saturated carbocycles. The molecule has 3 N–H and O–H groups in total. The van der Waals surface area contributed by atoms with E-state index in [1.807, 2.05) is 20.8 Å². The highest BCUT2D eigenvalue weighted by atomic mass is 35.5. The van der Waals surface area contributed by atoms with E-state index in [1.54, 1.807) is 13.0 Å². The van der Waals surface area contributed by atoms with Gasteiger partial charge in [0, 0.05) is 16.1 Å². The minimum atomic E-state index is -1.25. The standard InChI is InChI=1S/C26H28Cl2FN3O5/c1-25(2,3)26(4,36)14-37-22-12-21(31-32(22)17-7-5-6-16(29)11-17)24(35)30-20(13-23(33)34)18-9-8-15(27)10-19(18)28/h5-12,20,36H,13-14H2,1-4H3,(H,30,35)(H,33,34)/t20-,26+/m0/s1. The number of aromatic nitrogens is 2. The monoisotopic (exact) mass is 551 g/mol. The van der Waals surface area contributed by atoms with Gasteiger partial charge >= 0.3 is 5.97 Å². The first-order valence-electron chi connectivity index (χ1n) is 11.4. The van der Waals surface area contributed by atoms with Crippen LogP contribution in [0.3, 0.4) is 0 Å². The molecular weight excluding hydrogens is 524 g/mol. The van der Waals surface area contributed by atoms with Gasteiger partial charge < -0.3 is 20.3 Å². The first-order chi connectivity index (χ1) is 17.2. The summed E-state index contributed by atoms with van der Waals surface area (Å²) in [5, 5.41) is 27.7. The molecule has 0 bridgehead atoms. The topological polar surface area (TPSA) is 114 Å². The second-order valence-corrected chi connectivity index (χ2v) is 10.7. The Morgan fingerprint density at radius 2 is 1.84 bits per heavy atom. The molecule has 2 atom stereocenters. The normalized spacial score (nSPS) is 14.1. The fraction of sp³-hybridized carbons (Fsp3) is 0.346. The third-order valence-electron chi connectivity index (χ3n) is 6.10. The molecule has 198 valence electrons. The zero-order valence-electron chi connectivity index (χ0n) is 20.8. The van der Waals surface area contributed by atoms with Crippen LogP contribution in [0, 0.1) is 11.2 Å². The van der Waals surface area contributed by atoms with Crippen molar-refractivity contribution in [2.75, 3.05) is 6.61 Å². The summed E-state index contributed by atoms with van der Waals surface area (Å²) >= 11 is 12.2. The summed E-state index contributed by atoms with van der Waals surface area (Å²) in [7, 11) is 0. The maximum absolute atomic E-state index is 13.9. The fourth-order valence-corrected chi connectivity index (χ4v) is 3.77. The molecule has 8 nitrogen and oxygen atoms in total. The van der Waals surface area contributed by atoms with Crippen LogP contribution in [0.2, 0.25) is 10.0 Å². The molecule has 0 fully saturated rings. The zero-order valence-corrected chi connectivity index (χ0v) is 22.3. The highest BCUT2D eigenvalue weighted by Crippen LogP contribution is 2.32. The van der Waals surface area contributed by atoms with E-state index in [9.17, 15) is 24.2 Å². The van der Waals surface area contributed by atoms with Crippen molar-refractivity contribution in [1.29, 1.82) is 0 Å². The molecule has 2 aromatic carbocycles. The Balaban J connectivity index is 1.96. The van der Waals surface area contributed by atoms with E-state index < -0.39 is 41.2 Å². The number of nitrogens with zero attached hydrogens (tertiary/aromatic N) is 2. The van der Waals surface area contributed by atoms with Crippen LogP contribution in [-0.2, 0) is 4.79 Å². The lowest BCUT2D eigenvalue weighted by Crippen LogP contribution is -2.45. The van der Waals surface area contributed by atoms with Crippen molar-refractivity contribution in [1.82, 2.24) is 15.1 Å². The van der Waals surface area contributed by atoms with Crippen LogP contribution < -0.4 is 10.1 Å². The average Bonchev–Trinajstić information content (AvgIpc) is 3.21. The van der Waals surface area contributed by atoms with Gasteiger partial charge in [0.15, 0.2) is 5.69 Å². The number of halogens is 3. The van der Waals surface area contributed by atoms with Gasteiger partial charge in [0.2, 0.25) is 5.88 Å². The largest absolute Gasteiger partial charge is 0.481 e. The van der Waals surface area contributed by atoms with Crippen LogP contribution in [0.4, 0.5) is 4.39 Å². The van der Waals surface area contributed by atoms with Crippen molar-refractivity contribution in [3.8, 4) is 11.6 Å². The van der Waals surface area contributed by atoms with Crippen LogP contribution in [0.25, 0.3) is 5.69 Å². The molecular formula is C26H28Cl2FN3O5. The molecule has 0 aliphatic heterocycles. The summed E-state index contributed by atoms with van der Waals surface area (Å²) < 4.78 is 21.0. The fourth-order valence-electron chi connectivity index (χ4n) is 3.23. The molecule has 1 heterocycles. The average molecular weight is 552 g/mol. The highest BCUT2D eigenvalue weighted by molar-refractivity contribution is 6.35. The number of hydrogen-bond donors (Lipinski definition) is 3. The molecule has 0 spiro atoms. The highest BCUT2D eigenvalue weighted by Gasteiger charge is 2.36. The lowest BCUT2D eigenvalue weighted by atomic mass is 9.78. The summed E-state index contributed by atoms with van der Waals surface area (Å²) in [6.07, 6.45) is -0.449. The van der Waals surface area contributed by atoms with Crippen molar-refractivity contribution in [2.45, 2.75) is 45.8 Å². The lowest BCUT2D eigenvalue weighted by Gasteiger charge is -2.36. The number of nitrogens with one attached hydrogen (secondary N) is 1. The van der Waals surface area contributed by atoms with Crippen LogP contribution in [0.15, 0.2) is 48.5 Å². The first kappa shape index (κ1) is 28.4. The molecule has 37 heavy (non-hydrogen) atoms. The molecule has 0 unspecified atom stereocenters. The minimum absolute atomic E-state index is 0.0829. The van der Waals surface area contributed by atoms with Gasteiger partial charge in [-0.3, -0.25) is 9.59 Å². The Hall–Kier alpha value is -3.14. The second kappa shape index (κ2) is 11.1. The second-order valence-electron chi connectivity index (χ2n) is 9.86. The van der Waals surface area contributed by atoms with Crippen LogP contribution in [0.1, 0.15) is 56.2 Å². The first-order valence-corrected chi connectivity index (χ1v) is 12.1. The van der Waals surface area contributed by atoms with Crippen molar-refractivity contribution in [3.05, 3.63) is 75.7 Å². The van der Waals surface area contributed by atoms with Gasteiger partial charge in [-0.25, -0.2) is 9.07 Å². The van der Waals surface area contributed by atoms with Crippen molar-refractivity contribution < 1.29 is 28.9 Å². The molecule has 3 aromatic rings. The number of aliphatic carboxylic acids is 1. The number of carbonyl (C=O) groups is 2. The van der Waals surface area contributed by atoms with Gasteiger partial charge in [0.05, 0.1) is 18.2 Å². The Bertz CT molecular complexity index is 1300. The number of ether oxygens (including phenoxy) is 1. The molecule has 0 aliphatic rings. The Morgan fingerprint density at radius 1 is 1.14 bits per heavy atom. The van der Waals surface area contributed by atoms with E-state index in [4.69, 9.17) is 27.9 Å². The molecule has 0 radical (unpaired) electrons. The number of aliphatic hydroxyl groups is 1. The SMILES string of the molecule is CC(C)(C)[C@](C)(O)COc1cc(C(=O)N[C@@H](CC(=O)O)c2ccc(Cl)cc2Cl)nn1-c1cccc(F)c1. The Kier molecular flexibility index (Phi) is 8.52. The minimum Gasteiger partial charge on any atom is -0.481 e. The third-order valence-corrected chi connectivity index (χ3v) is 6.66. The van der Waals surface area contributed by atoms with Crippen LogP contribution >= 0.6 is 23.2 Å². The smallest absolute Gasteiger partial charge is 0.305 e. The van der Waals surface area contributed by atoms with Gasteiger partial charge in [0.1, 0.15) is 18.0 Å². The number of carboxylic acids is 1. The van der Waals surface area contributed by atoms with Gasteiger partial charge in [-0.1, -0.05) is 56.1 Å². The predicted octanol–water partition coefficient (Wildman–Crippen LogP) is 5.44. The van der Waals surface area contributed by atoms with E-state index in [-0.39, 0.29) is 28.9 Å². The Morgan fingerprint density at radius 3 is 2.43 bits per heavy atom. The number of rotatable bonds is 9. The molecule has 0 aliphatic carbocycles. The van der Waals surface area contributed by atoms with E-state index in [0.29, 0.717) is 10.6 Å². The van der Waals surface area contributed by atoms with Crippen LogP contribution in [0.5, 0.6) is 5.88 Å². The lowest BCUT2D eigenvalue weighted by molar-refractivity contribution is -0.137. The number of hydrogen-bond acceptors (Lipinski definition) is 5. The maximum atomic E-state index is 13.9. The molecule has 0 saturated heterocycles. The number of benzene rings is 2. The van der Waals surface area contributed by atoms with Gasteiger partial charge in [-0.15, -0.1) is 0 Å². The summed E-state index contributed by atoms with van der Waals surface area (Å²) in [6, 6.07) is 10.4. The van der Waals surface area contributed by atoms with Gasteiger partial charge in [-0.05, 0) is 48.2 Å². The maximum Gasteiger partial charge on any atom is 0.305 e. The predicted molar refractivity (Wildman–Crippen MR) is 138 cm³/mol. The molecule has 3 rings (SSSR count). The summed E-state index contributed by atoms with van der Waals surface area (Å²) in [4.78, 5) is 24.7. The molecule has 1 amide bonds. The van der Waals surface area contributed by atoms with E-state index >= 15 is 0 Å². The summed E-state index contributed by atoms with van der Waals surface area (Å²) in [5.41, 5.74) is -1.24. The van der Waals surface area contributed by atoms with Crippen LogP contribution in [-0.4, -0.2) is 44.1 Å². The number of amides is 1. The quantitative estimate of drug-likeness (QED) is 0.326. The summed E-state index contributed by atoms with van der Waals surface area (Å²) in [6.45, 7) is 7.03. The molecule has 11 heteroatoms. The van der Waals surface area contributed by atoms with E-state index in [0.717, 1.165) is 0 Å². The van der Waals surface area contributed by atoms with E-state index in [1.165, 1.54) is 47.1 Å².